The zero-order valence-electron chi connectivity index (χ0n) is 33.5. The highest BCUT2D eigenvalue weighted by Gasteiger charge is 2.21. The summed E-state index contributed by atoms with van der Waals surface area (Å²) in [6, 6.07) is 78.0. The van der Waals surface area contributed by atoms with E-state index in [9.17, 15) is 0 Å². The van der Waals surface area contributed by atoms with Gasteiger partial charge in [-0.1, -0.05) is 146 Å². The Hall–Kier alpha value is -8.34. The highest BCUT2D eigenvalue weighted by atomic mass is 16.3. The van der Waals surface area contributed by atoms with Crippen LogP contribution in [0.15, 0.2) is 227 Å². The molecule has 0 aliphatic heterocycles. The molecule has 0 saturated carbocycles. The van der Waals surface area contributed by atoms with E-state index in [1.807, 2.05) is 24.3 Å². The van der Waals surface area contributed by atoms with Gasteiger partial charge in [0.1, 0.15) is 22.3 Å². The second-order valence-corrected chi connectivity index (χ2v) is 16.0. The number of nitrogens with zero attached hydrogens (tertiary/aromatic N) is 2. The molecule has 4 nitrogen and oxygen atoms in total. The number of benzene rings is 10. The summed E-state index contributed by atoms with van der Waals surface area (Å²) in [4.78, 5) is 2.35. The lowest BCUT2D eigenvalue weighted by Crippen LogP contribution is -2.10. The van der Waals surface area contributed by atoms with Crippen LogP contribution in [0.4, 0.5) is 17.1 Å². The van der Waals surface area contributed by atoms with Crippen LogP contribution in [0.5, 0.6) is 0 Å². The zero-order chi connectivity index (χ0) is 40.7. The molecule has 0 radical (unpaired) electrons. The SMILES string of the molecule is c1ccc(-n2c3cc(-c4ccc(N(c5ccc(-c6cccc7oc8ccccc8c67)cc5)c5cccc6oc7ccccc7c56)cc4)ccc3c3ccc4ccccc4c32)cc1. The van der Waals surface area contributed by atoms with Gasteiger partial charge in [-0.15, -0.1) is 0 Å². The van der Waals surface area contributed by atoms with E-state index in [-0.39, 0.29) is 0 Å². The molecule has 0 unspecified atom stereocenters. The van der Waals surface area contributed by atoms with Crippen LogP contribution < -0.4 is 4.90 Å². The molecule has 0 saturated heterocycles. The summed E-state index contributed by atoms with van der Waals surface area (Å²) < 4.78 is 15.1. The minimum Gasteiger partial charge on any atom is -0.456 e. The van der Waals surface area contributed by atoms with E-state index in [4.69, 9.17) is 8.83 Å². The first-order valence-corrected chi connectivity index (χ1v) is 21.1. The lowest BCUT2D eigenvalue weighted by atomic mass is 9.98. The molecule has 0 amide bonds. The van der Waals surface area contributed by atoms with Crippen molar-refractivity contribution < 1.29 is 8.83 Å². The average molecular weight is 793 g/mol. The van der Waals surface area contributed by atoms with Crippen molar-refractivity contribution in [1.29, 1.82) is 0 Å². The van der Waals surface area contributed by atoms with Crippen LogP contribution in [0.1, 0.15) is 0 Å². The van der Waals surface area contributed by atoms with E-state index in [1.165, 1.54) is 32.6 Å². The highest BCUT2D eigenvalue weighted by molar-refractivity contribution is 6.19. The van der Waals surface area contributed by atoms with Gasteiger partial charge in [-0.3, -0.25) is 0 Å². The number of hydrogen-bond acceptors (Lipinski definition) is 3. The molecule has 0 aliphatic rings. The standard InChI is InChI=1S/C58H36N2O2/c1-2-13-41(14-3-1)60-51-36-40(29-34-46(51)47-35-28-38-12-4-5-15-45(38)58(47)60)37-24-30-42(31-25-37)59(50-19-11-23-55-57(50)49-17-7-9-21-53(49)62-55)43-32-26-39(27-33-43)44-18-10-22-54-56(44)48-16-6-8-20-52(48)61-54/h1-36H. The predicted molar refractivity (Wildman–Crippen MR) is 258 cm³/mol. The van der Waals surface area contributed by atoms with Crippen LogP contribution in [0.25, 0.3) is 104 Å². The maximum Gasteiger partial charge on any atom is 0.137 e. The Morgan fingerprint density at radius 3 is 1.66 bits per heavy atom. The third kappa shape index (κ3) is 5.27. The van der Waals surface area contributed by atoms with Crippen molar-refractivity contribution in [2.75, 3.05) is 4.90 Å². The number of anilines is 3. The molecule has 0 aliphatic carbocycles. The number of para-hydroxylation sites is 3. The molecule has 3 heterocycles. The Kier molecular flexibility index (Phi) is 7.57. The van der Waals surface area contributed by atoms with Crippen molar-refractivity contribution in [1.82, 2.24) is 4.57 Å². The molecule has 4 heteroatoms. The van der Waals surface area contributed by atoms with Crippen LogP contribution in [-0.4, -0.2) is 4.57 Å². The van der Waals surface area contributed by atoms with Crippen LogP contribution in [0.3, 0.4) is 0 Å². The van der Waals surface area contributed by atoms with E-state index < -0.39 is 0 Å². The summed E-state index contributed by atoms with van der Waals surface area (Å²) >= 11 is 0. The monoisotopic (exact) mass is 792 g/mol. The van der Waals surface area contributed by atoms with Crippen LogP contribution in [0, 0.1) is 0 Å². The summed E-state index contributed by atoms with van der Waals surface area (Å²) in [5.41, 5.74) is 14.8. The summed E-state index contributed by atoms with van der Waals surface area (Å²) in [6.45, 7) is 0. The van der Waals surface area contributed by atoms with Gasteiger partial charge in [0.2, 0.25) is 0 Å². The van der Waals surface area contributed by atoms with Crippen molar-refractivity contribution in [3.8, 4) is 27.9 Å². The van der Waals surface area contributed by atoms with Crippen molar-refractivity contribution in [3.63, 3.8) is 0 Å². The summed E-state index contributed by atoms with van der Waals surface area (Å²) in [5, 5.41) is 9.39. The van der Waals surface area contributed by atoms with E-state index in [0.717, 1.165) is 88.9 Å². The predicted octanol–water partition coefficient (Wildman–Crippen LogP) is 16.5. The zero-order valence-corrected chi connectivity index (χ0v) is 33.5. The second kappa shape index (κ2) is 13.6. The number of fused-ring (bicyclic) bond motifs is 11. The van der Waals surface area contributed by atoms with Gasteiger partial charge in [0.05, 0.1) is 22.1 Å². The minimum absolute atomic E-state index is 0.857. The minimum atomic E-state index is 0.857. The topological polar surface area (TPSA) is 34.5 Å². The van der Waals surface area contributed by atoms with Crippen LogP contribution in [-0.2, 0) is 0 Å². The van der Waals surface area contributed by atoms with Crippen LogP contribution >= 0.6 is 0 Å². The number of rotatable bonds is 6. The fraction of sp³-hybridized carbons (Fsp3) is 0. The molecule has 3 aromatic heterocycles. The molecule has 0 atom stereocenters. The summed E-state index contributed by atoms with van der Waals surface area (Å²) in [7, 11) is 0. The van der Waals surface area contributed by atoms with Gasteiger partial charge in [0.25, 0.3) is 0 Å². The fourth-order valence-corrected chi connectivity index (χ4v) is 9.78. The Morgan fingerprint density at radius 1 is 0.355 bits per heavy atom. The first-order valence-electron chi connectivity index (χ1n) is 21.1. The number of hydrogen-bond donors (Lipinski definition) is 0. The van der Waals surface area contributed by atoms with Gasteiger partial charge in [-0.2, -0.15) is 0 Å². The molecule has 13 aromatic rings. The molecular formula is C58H36N2O2. The normalized spacial score (nSPS) is 11.9. The third-order valence-corrected chi connectivity index (χ3v) is 12.6. The first-order chi connectivity index (χ1) is 30.7. The molecule has 0 N–H and O–H groups in total. The lowest BCUT2D eigenvalue weighted by Gasteiger charge is -2.26. The highest BCUT2D eigenvalue weighted by Crippen LogP contribution is 2.45. The number of aromatic nitrogens is 1. The lowest BCUT2D eigenvalue weighted by molar-refractivity contribution is 0.668. The van der Waals surface area contributed by atoms with Crippen molar-refractivity contribution in [2.45, 2.75) is 0 Å². The van der Waals surface area contributed by atoms with Crippen molar-refractivity contribution in [3.05, 3.63) is 218 Å². The quantitative estimate of drug-likeness (QED) is 0.168. The van der Waals surface area contributed by atoms with E-state index >= 15 is 0 Å². The summed E-state index contributed by atoms with van der Waals surface area (Å²) in [5.74, 6) is 0. The second-order valence-electron chi connectivity index (χ2n) is 16.0. The summed E-state index contributed by atoms with van der Waals surface area (Å²) in [6.07, 6.45) is 0. The van der Waals surface area contributed by atoms with Crippen molar-refractivity contribution in [2.24, 2.45) is 0 Å². The first kappa shape index (κ1) is 34.5. The average Bonchev–Trinajstić information content (AvgIpc) is 4.02. The molecule has 0 spiro atoms. The Labute approximate surface area is 356 Å². The maximum absolute atomic E-state index is 6.42. The molecular weight excluding hydrogens is 757 g/mol. The number of furan rings is 2. The fourth-order valence-electron chi connectivity index (χ4n) is 9.78. The maximum atomic E-state index is 6.42. The molecule has 0 fully saturated rings. The molecule has 290 valence electrons. The Morgan fingerprint density at radius 2 is 0.919 bits per heavy atom. The van der Waals surface area contributed by atoms with E-state index in [2.05, 4.69) is 204 Å². The van der Waals surface area contributed by atoms with Gasteiger partial charge >= 0.3 is 0 Å². The smallest absolute Gasteiger partial charge is 0.137 e. The van der Waals surface area contributed by atoms with Crippen LogP contribution in [0.2, 0.25) is 0 Å². The molecule has 10 aromatic carbocycles. The third-order valence-electron chi connectivity index (χ3n) is 12.6. The Bertz CT molecular complexity index is 3850. The van der Waals surface area contributed by atoms with Gasteiger partial charge in [0.15, 0.2) is 0 Å². The van der Waals surface area contributed by atoms with E-state index in [1.54, 1.807) is 0 Å². The molecule has 0 bridgehead atoms. The van der Waals surface area contributed by atoms with Gasteiger partial charge in [0, 0.05) is 49.4 Å². The molecule has 62 heavy (non-hydrogen) atoms. The van der Waals surface area contributed by atoms with Gasteiger partial charge < -0.3 is 18.3 Å². The van der Waals surface area contributed by atoms with Gasteiger partial charge in [-0.25, -0.2) is 0 Å². The van der Waals surface area contributed by atoms with E-state index in [0.29, 0.717) is 0 Å². The Balaban J connectivity index is 0.959. The molecule has 13 rings (SSSR count). The van der Waals surface area contributed by atoms with Gasteiger partial charge in [-0.05, 0) is 100 Å². The largest absolute Gasteiger partial charge is 0.456 e. The van der Waals surface area contributed by atoms with Crippen molar-refractivity contribution >= 4 is 93.5 Å².